The second-order valence-electron chi connectivity index (χ2n) is 6.13. The van der Waals surface area contributed by atoms with E-state index in [0.29, 0.717) is 12.1 Å². The molecule has 0 saturated heterocycles. The van der Waals surface area contributed by atoms with Gasteiger partial charge in [0.15, 0.2) is 6.61 Å². The van der Waals surface area contributed by atoms with Crippen molar-refractivity contribution in [2.24, 2.45) is 0 Å². The second kappa shape index (κ2) is 8.60. The molecule has 146 valence electrons. The molecule has 8 heteroatoms. The molecule has 1 amide bonds. The number of carbonyl (C=O) groups excluding carboxylic acids is 1. The quantitative estimate of drug-likeness (QED) is 0.669. The lowest BCUT2D eigenvalue weighted by Gasteiger charge is -2.10. The number of aromatic nitrogens is 2. The average Bonchev–Trinajstić information content (AvgIpc) is 3.18. The number of carbonyl (C=O) groups is 1. The van der Waals surface area contributed by atoms with E-state index in [1.54, 1.807) is 35.1 Å². The summed E-state index contributed by atoms with van der Waals surface area (Å²) in [5.41, 5.74) is 2.30. The molecule has 3 rings (SSSR count). The Bertz CT molecular complexity index is 890. The number of hydrogen-bond acceptors (Lipinski definition) is 3. The summed E-state index contributed by atoms with van der Waals surface area (Å²) in [6.07, 6.45) is -0.808. The highest BCUT2D eigenvalue weighted by atomic mass is 19.4. The van der Waals surface area contributed by atoms with Crippen LogP contribution in [0.5, 0.6) is 5.75 Å². The Morgan fingerprint density at radius 2 is 1.71 bits per heavy atom. The number of alkyl halides is 3. The van der Waals surface area contributed by atoms with Gasteiger partial charge < -0.3 is 10.1 Å². The van der Waals surface area contributed by atoms with E-state index in [1.165, 1.54) is 12.1 Å². The molecule has 3 aromatic rings. The van der Waals surface area contributed by atoms with E-state index < -0.39 is 12.8 Å². The molecule has 1 N–H and O–H groups in total. The molecule has 0 spiro atoms. The number of ether oxygens (including phenoxy) is 1. The van der Waals surface area contributed by atoms with Crippen molar-refractivity contribution in [2.45, 2.75) is 19.3 Å². The van der Waals surface area contributed by atoms with Gasteiger partial charge in [0.1, 0.15) is 5.75 Å². The number of rotatable bonds is 7. The number of halogens is 3. The normalized spacial score (nSPS) is 11.2. The average molecular weight is 389 g/mol. The van der Waals surface area contributed by atoms with Crippen molar-refractivity contribution in [1.82, 2.24) is 15.1 Å². The number of nitrogens with one attached hydrogen (secondary N) is 1. The molecule has 1 aromatic heterocycles. The second-order valence-corrected chi connectivity index (χ2v) is 6.13. The number of nitrogens with zero attached hydrogens (tertiary/aromatic N) is 2. The first-order valence-electron chi connectivity index (χ1n) is 8.52. The molecule has 0 aliphatic carbocycles. The van der Waals surface area contributed by atoms with Crippen LogP contribution >= 0.6 is 0 Å². The predicted molar refractivity (Wildman–Crippen MR) is 96.9 cm³/mol. The molecule has 0 unspecified atom stereocenters. The van der Waals surface area contributed by atoms with Crippen LogP contribution in [0.4, 0.5) is 13.2 Å². The van der Waals surface area contributed by atoms with Crippen molar-refractivity contribution in [2.75, 3.05) is 6.61 Å². The van der Waals surface area contributed by atoms with Gasteiger partial charge in [-0.3, -0.25) is 9.48 Å². The highest BCUT2D eigenvalue weighted by Crippen LogP contribution is 2.19. The maximum atomic E-state index is 12.2. The smallest absolute Gasteiger partial charge is 0.422 e. The molecule has 2 aromatic carbocycles. The largest absolute Gasteiger partial charge is 0.484 e. The van der Waals surface area contributed by atoms with E-state index >= 15 is 0 Å². The maximum Gasteiger partial charge on any atom is 0.422 e. The first-order valence-corrected chi connectivity index (χ1v) is 8.52. The van der Waals surface area contributed by atoms with Gasteiger partial charge in [-0.25, -0.2) is 0 Å². The number of amides is 1. The minimum atomic E-state index is -4.37. The summed E-state index contributed by atoms with van der Waals surface area (Å²) in [5.74, 6) is -0.108. The summed E-state index contributed by atoms with van der Waals surface area (Å²) < 4.78 is 42.8. The van der Waals surface area contributed by atoms with E-state index in [4.69, 9.17) is 0 Å². The molecular weight excluding hydrogens is 371 g/mol. The van der Waals surface area contributed by atoms with Gasteiger partial charge in [-0.2, -0.15) is 18.3 Å². The van der Waals surface area contributed by atoms with Crippen molar-refractivity contribution >= 4 is 5.91 Å². The Kier molecular flexibility index (Phi) is 5.98. The lowest BCUT2D eigenvalue weighted by atomic mass is 10.1. The van der Waals surface area contributed by atoms with E-state index in [1.807, 2.05) is 24.4 Å². The highest BCUT2D eigenvalue weighted by molar-refractivity contribution is 5.94. The van der Waals surface area contributed by atoms with Crippen LogP contribution in [0, 0.1) is 0 Å². The third-order valence-corrected chi connectivity index (χ3v) is 3.90. The van der Waals surface area contributed by atoms with Gasteiger partial charge in [0.25, 0.3) is 5.91 Å². The Labute approximate surface area is 159 Å². The minimum absolute atomic E-state index is 0.125. The zero-order chi connectivity index (χ0) is 20.0. The molecule has 1 heterocycles. The lowest BCUT2D eigenvalue weighted by molar-refractivity contribution is -0.153. The molecule has 0 saturated carbocycles. The van der Waals surface area contributed by atoms with E-state index in [2.05, 4.69) is 15.2 Å². The topological polar surface area (TPSA) is 56.1 Å². The zero-order valence-corrected chi connectivity index (χ0v) is 14.8. The fourth-order valence-electron chi connectivity index (χ4n) is 2.50. The Hall–Kier alpha value is -3.29. The fraction of sp³-hybridized carbons (Fsp3) is 0.200. The zero-order valence-electron chi connectivity index (χ0n) is 14.8. The van der Waals surface area contributed by atoms with E-state index in [0.717, 1.165) is 11.1 Å². The SMILES string of the molecule is O=C(NCc1ccc(OCC(F)(F)F)cc1)c1ccc(Cn2cccn2)cc1. The fourth-order valence-corrected chi connectivity index (χ4v) is 2.50. The van der Waals surface area contributed by atoms with Crippen molar-refractivity contribution < 1.29 is 22.7 Å². The van der Waals surface area contributed by atoms with Gasteiger partial charge in [0.2, 0.25) is 0 Å². The van der Waals surface area contributed by atoms with Crippen molar-refractivity contribution in [3.05, 3.63) is 83.7 Å². The van der Waals surface area contributed by atoms with Crippen LogP contribution in [0.15, 0.2) is 67.0 Å². The van der Waals surface area contributed by atoms with Gasteiger partial charge in [-0.15, -0.1) is 0 Å². The molecule has 0 aliphatic rings. The number of benzene rings is 2. The summed E-state index contributed by atoms with van der Waals surface area (Å²) in [5, 5.41) is 6.91. The standard InChI is InChI=1S/C20H18F3N3O2/c21-20(22,23)14-28-18-8-4-15(5-9-18)12-24-19(27)17-6-2-16(3-7-17)13-26-11-1-10-25-26/h1-11H,12-14H2,(H,24,27). The van der Waals surface area contributed by atoms with Gasteiger partial charge in [0, 0.05) is 24.5 Å². The first kappa shape index (κ1) is 19.5. The van der Waals surface area contributed by atoms with Crippen LogP contribution in [0.1, 0.15) is 21.5 Å². The summed E-state index contributed by atoms with van der Waals surface area (Å²) in [6, 6.07) is 15.2. The van der Waals surface area contributed by atoms with Crippen molar-refractivity contribution in [1.29, 1.82) is 0 Å². The summed E-state index contributed by atoms with van der Waals surface area (Å²) >= 11 is 0. The maximum absolute atomic E-state index is 12.2. The molecule has 5 nitrogen and oxygen atoms in total. The molecule has 0 fully saturated rings. The Morgan fingerprint density at radius 1 is 1.04 bits per heavy atom. The summed E-state index contributed by atoms with van der Waals surface area (Å²) in [7, 11) is 0. The summed E-state index contributed by atoms with van der Waals surface area (Å²) in [6.45, 7) is -0.454. The summed E-state index contributed by atoms with van der Waals surface area (Å²) in [4.78, 5) is 12.2. The number of hydrogen-bond donors (Lipinski definition) is 1. The van der Waals surface area contributed by atoms with Crippen LogP contribution in [0.2, 0.25) is 0 Å². The van der Waals surface area contributed by atoms with Crippen LogP contribution in [0.3, 0.4) is 0 Å². The van der Waals surface area contributed by atoms with Gasteiger partial charge >= 0.3 is 6.18 Å². The van der Waals surface area contributed by atoms with Crippen LogP contribution < -0.4 is 10.1 Å². The molecule has 0 bridgehead atoms. The van der Waals surface area contributed by atoms with Crippen LogP contribution in [0.25, 0.3) is 0 Å². The molecular formula is C20H18F3N3O2. The Morgan fingerprint density at radius 3 is 2.32 bits per heavy atom. The molecule has 0 aliphatic heterocycles. The van der Waals surface area contributed by atoms with Gasteiger partial charge in [-0.05, 0) is 41.5 Å². The van der Waals surface area contributed by atoms with E-state index in [9.17, 15) is 18.0 Å². The first-order chi connectivity index (χ1) is 13.4. The van der Waals surface area contributed by atoms with Crippen LogP contribution in [-0.4, -0.2) is 28.5 Å². The van der Waals surface area contributed by atoms with E-state index in [-0.39, 0.29) is 18.2 Å². The van der Waals surface area contributed by atoms with Gasteiger partial charge in [0.05, 0.1) is 6.54 Å². The molecule has 0 atom stereocenters. The van der Waals surface area contributed by atoms with Gasteiger partial charge in [-0.1, -0.05) is 24.3 Å². The third kappa shape index (κ3) is 5.87. The highest BCUT2D eigenvalue weighted by Gasteiger charge is 2.28. The van der Waals surface area contributed by atoms with Crippen molar-refractivity contribution in [3.63, 3.8) is 0 Å². The molecule has 0 radical (unpaired) electrons. The molecule has 28 heavy (non-hydrogen) atoms. The van der Waals surface area contributed by atoms with Crippen LogP contribution in [-0.2, 0) is 13.1 Å². The van der Waals surface area contributed by atoms with Crippen molar-refractivity contribution in [3.8, 4) is 5.75 Å². The lowest BCUT2D eigenvalue weighted by Crippen LogP contribution is -2.22. The Balaban J connectivity index is 1.49. The minimum Gasteiger partial charge on any atom is -0.484 e. The third-order valence-electron chi connectivity index (χ3n) is 3.90. The monoisotopic (exact) mass is 389 g/mol. The predicted octanol–water partition coefficient (Wildman–Crippen LogP) is 3.80.